The van der Waals surface area contributed by atoms with Crippen LogP contribution in [0.25, 0.3) is 0 Å². The zero-order valence-electron chi connectivity index (χ0n) is 17.1. The number of fused-ring (bicyclic) bond motifs is 1. The molecule has 1 N–H and O–H groups in total. The van der Waals surface area contributed by atoms with Gasteiger partial charge in [-0.05, 0) is 74.0 Å². The number of hydrogen-bond donors (Lipinski definition) is 1. The van der Waals surface area contributed by atoms with Crippen LogP contribution in [-0.4, -0.2) is 53.2 Å². The Balaban J connectivity index is 1.65. The number of carbonyl (C=O) groups excluding carboxylic acids is 3. The Morgan fingerprint density at radius 2 is 1.86 bits per heavy atom. The molecule has 29 heavy (non-hydrogen) atoms. The second-order valence-corrected chi connectivity index (χ2v) is 8.24. The van der Waals surface area contributed by atoms with E-state index in [9.17, 15) is 14.4 Å². The number of piperidine rings is 2. The number of amides is 3. The highest BCUT2D eigenvalue weighted by Gasteiger charge is 2.41. The first-order chi connectivity index (χ1) is 13.9. The van der Waals surface area contributed by atoms with Crippen molar-refractivity contribution in [2.45, 2.75) is 64.5 Å². The molecule has 3 aliphatic heterocycles. The van der Waals surface area contributed by atoms with Gasteiger partial charge in [-0.3, -0.25) is 19.7 Å². The van der Waals surface area contributed by atoms with E-state index in [1.165, 1.54) is 11.0 Å². The number of carbonyl (C=O) groups is 3. The summed E-state index contributed by atoms with van der Waals surface area (Å²) in [6.45, 7) is 7.38. The van der Waals surface area contributed by atoms with Gasteiger partial charge >= 0.3 is 0 Å². The van der Waals surface area contributed by atoms with Crippen LogP contribution in [0.4, 0.5) is 4.39 Å². The van der Waals surface area contributed by atoms with E-state index in [2.05, 4.69) is 17.1 Å². The van der Waals surface area contributed by atoms with Gasteiger partial charge in [0.15, 0.2) is 0 Å². The third-order valence-corrected chi connectivity index (χ3v) is 6.75. The predicted molar refractivity (Wildman–Crippen MR) is 106 cm³/mol. The van der Waals surface area contributed by atoms with Crippen molar-refractivity contribution in [3.05, 3.63) is 34.1 Å². The van der Waals surface area contributed by atoms with E-state index in [1.807, 2.05) is 6.92 Å². The van der Waals surface area contributed by atoms with Gasteiger partial charge < -0.3 is 9.80 Å². The van der Waals surface area contributed by atoms with Gasteiger partial charge in [-0.25, -0.2) is 4.39 Å². The number of rotatable bonds is 4. The van der Waals surface area contributed by atoms with Crippen molar-refractivity contribution in [3.63, 3.8) is 0 Å². The molecule has 0 radical (unpaired) electrons. The summed E-state index contributed by atoms with van der Waals surface area (Å²) in [6, 6.07) is 0.709. The molecule has 0 aromatic heterocycles. The number of nitrogens with zero attached hydrogens (tertiary/aromatic N) is 2. The van der Waals surface area contributed by atoms with E-state index in [0.29, 0.717) is 24.9 Å². The van der Waals surface area contributed by atoms with Crippen LogP contribution in [-0.2, 0) is 22.6 Å². The van der Waals surface area contributed by atoms with Crippen molar-refractivity contribution in [2.24, 2.45) is 0 Å². The summed E-state index contributed by atoms with van der Waals surface area (Å²) in [5.41, 5.74) is 2.92. The molecular formula is C22H28FN3O3. The summed E-state index contributed by atoms with van der Waals surface area (Å²) in [5.74, 6) is -1.19. The Bertz CT molecular complexity index is 861. The number of nitrogens with one attached hydrogen (secondary N) is 1. The van der Waals surface area contributed by atoms with E-state index in [0.717, 1.165) is 49.2 Å². The fourth-order valence-electron chi connectivity index (χ4n) is 5.14. The van der Waals surface area contributed by atoms with Gasteiger partial charge in [0.1, 0.15) is 11.9 Å². The molecule has 7 heteroatoms. The van der Waals surface area contributed by atoms with Crippen molar-refractivity contribution < 1.29 is 18.8 Å². The Kier molecular flexibility index (Phi) is 5.42. The molecule has 3 heterocycles. The van der Waals surface area contributed by atoms with Crippen molar-refractivity contribution in [1.29, 1.82) is 0 Å². The van der Waals surface area contributed by atoms with Crippen LogP contribution in [0.2, 0.25) is 0 Å². The number of likely N-dealkylation sites (tertiary alicyclic amines) is 1. The van der Waals surface area contributed by atoms with E-state index in [4.69, 9.17) is 0 Å². The Morgan fingerprint density at radius 1 is 1.14 bits per heavy atom. The largest absolute Gasteiger partial charge is 0.322 e. The maximum Gasteiger partial charge on any atom is 0.255 e. The quantitative estimate of drug-likeness (QED) is 0.787. The number of benzene rings is 1. The van der Waals surface area contributed by atoms with Gasteiger partial charge in [0.05, 0.1) is 0 Å². The lowest BCUT2D eigenvalue weighted by Crippen LogP contribution is -2.52. The average Bonchev–Trinajstić information content (AvgIpc) is 3.03. The molecule has 2 fully saturated rings. The molecule has 0 spiro atoms. The molecular weight excluding hydrogens is 373 g/mol. The lowest BCUT2D eigenvalue weighted by atomic mass is 9.82. The molecule has 1 aromatic rings. The van der Waals surface area contributed by atoms with Crippen molar-refractivity contribution in [3.8, 4) is 0 Å². The molecule has 3 amide bonds. The topological polar surface area (TPSA) is 69.7 Å². The van der Waals surface area contributed by atoms with Gasteiger partial charge in [0.25, 0.3) is 5.91 Å². The molecule has 156 valence electrons. The maximum atomic E-state index is 15.2. The van der Waals surface area contributed by atoms with Crippen LogP contribution >= 0.6 is 0 Å². The fraction of sp³-hybridized carbons (Fsp3) is 0.591. The molecule has 1 atom stereocenters. The SMILES string of the molecule is CCc1c2c(cc(F)c1C1CCN(CC)CC1)C(=O)N(C1CCC(=O)NC1=O)C2. The lowest BCUT2D eigenvalue weighted by molar-refractivity contribution is -0.136. The highest BCUT2D eigenvalue weighted by molar-refractivity contribution is 6.05. The minimum absolute atomic E-state index is 0.165. The van der Waals surface area contributed by atoms with Crippen LogP contribution in [0.5, 0.6) is 0 Å². The smallest absolute Gasteiger partial charge is 0.255 e. The Hall–Kier alpha value is -2.28. The van der Waals surface area contributed by atoms with E-state index < -0.39 is 11.9 Å². The molecule has 3 aliphatic rings. The first-order valence-electron chi connectivity index (χ1n) is 10.7. The van der Waals surface area contributed by atoms with Crippen molar-refractivity contribution in [2.75, 3.05) is 19.6 Å². The highest BCUT2D eigenvalue weighted by atomic mass is 19.1. The third kappa shape index (κ3) is 3.45. The normalized spacial score (nSPS) is 23.5. The number of imide groups is 1. The summed E-state index contributed by atoms with van der Waals surface area (Å²) in [7, 11) is 0. The molecule has 4 rings (SSSR count). The summed E-state index contributed by atoms with van der Waals surface area (Å²) >= 11 is 0. The van der Waals surface area contributed by atoms with Gasteiger partial charge in [0, 0.05) is 18.5 Å². The summed E-state index contributed by atoms with van der Waals surface area (Å²) < 4.78 is 15.2. The lowest BCUT2D eigenvalue weighted by Gasteiger charge is -2.33. The van der Waals surface area contributed by atoms with E-state index in [1.54, 1.807) is 0 Å². The second kappa shape index (κ2) is 7.86. The Morgan fingerprint density at radius 3 is 2.48 bits per heavy atom. The van der Waals surface area contributed by atoms with Crippen LogP contribution in [0.3, 0.4) is 0 Å². The summed E-state index contributed by atoms with van der Waals surface area (Å²) in [6.07, 6.45) is 3.02. The van der Waals surface area contributed by atoms with Crippen LogP contribution < -0.4 is 5.32 Å². The van der Waals surface area contributed by atoms with Gasteiger partial charge in [0.2, 0.25) is 11.8 Å². The first kappa shape index (κ1) is 20.0. The maximum absolute atomic E-state index is 15.2. The minimum atomic E-state index is -0.670. The Labute approximate surface area is 170 Å². The fourth-order valence-corrected chi connectivity index (χ4v) is 5.14. The predicted octanol–water partition coefficient (Wildman–Crippen LogP) is 2.35. The summed E-state index contributed by atoms with van der Waals surface area (Å²) in [5, 5.41) is 2.32. The van der Waals surface area contributed by atoms with Gasteiger partial charge in [-0.2, -0.15) is 0 Å². The van der Waals surface area contributed by atoms with Crippen molar-refractivity contribution in [1.82, 2.24) is 15.1 Å². The zero-order valence-corrected chi connectivity index (χ0v) is 17.1. The minimum Gasteiger partial charge on any atom is -0.322 e. The highest BCUT2D eigenvalue weighted by Crippen LogP contribution is 2.39. The monoisotopic (exact) mass is 401 g/mol. The van der Waals surface area contributed by atoms with Gasteiger partial charge in [-0.15, -0.1) is 0 Å². The van der Waals surface area contributed by atoms with Crippen LogP contribution in [0, 0.1) is 5.82 Å². The summed E-state index contributed by atoms with van der Waals surface area (Å²) in [4.78, 5) is 40.6. The van der Waals surface area contributed by atoms with Crippen LogP contribution in [0.15, 0.2) is 6.07 Å². The molecule has 6 nitrogen and oxygen atoms in total. The van der Waals surface area contributed by atoms with E-state index >= 15 is 4.39 Å². The van der Waals surface area contributed by atoms with Gasteiger partial charge in [-0.1, -0.05) is 13.8 Å². The van der Waals surface area contributed by atoms with Crippen molar-refractivity contribution >= 4 is 17.7 Å². The molecule has 0 saturated carbocycles. The second-order valence-electron chi connectivity index (χ2n) is 8.24. The standard InChI is InChI=1S/C22H28FN3O3/c1-3-14-16-12-26(18-5-6-19(27)24-21(18)28)22(29)15(16)11-17(23)20(14)13-7-9-25(4-2)10-8-13/h11,13,18H,3-10,12H2,1-2H3,(H,24,27,28). The third-order valence-electron chi connectivity index (χ3n) is 6.75. The number of halogens is 1. The van der Waals surface area contributed by atoms with Crippen LogP contribution in [0.1, 0.15) is 72.5 Å². The number of hydrogen-bond acceptors (Lipinski definition) is 4. The molecule has 1 aromatic carbocycles. The molecule has 1 unspecified atom stereocenters. The zero-order chi connectivity index (χ0) is 20.7. The first-order valence-corrected chi connectivity index (χ1v) is 10.7. The molecule has 0 bridgehead atoms. The average molecular weight is 401 g/mol. The van der Waals surface area contributed by atoms with E-state index in [-0.39, 0.29) is 30.0 Å². The molecule has 0 aliphatic carbocycles. The molecule has 2 saturated heterocycles.